The number of rotatable bonds is 7. The number of nitrogens with zero attached hydrogens (tertiary/aromatic N) is 1. The number of piperidine rings is 1. The minimum absolute atomic E-state index is 0.137. The number of amides is 1. The number of benzene rings is 2. The van der Waals surface area contributed by atoms with Gasteiger partial charge in [0.25, 0.3) is 0 Å². The van der Waals surface area contributed by atoms with Crippen LogP contribution in [0.5, 0.6) is 5.75 Å². The van der Waals surface area contributed by atoms with Gasteiger partial charge in [0.05, 0.1) is 24.8 Å². The van der Waals surface area contributed by atoms with Crippen LogP contribution in [0, 0.1) is 0 Å². The Morgan fingerprint density at radius 2 is 1.88 bits per heavy atom. The molecule has 178 valence electrons. The molecule has 0 bridgehead atoms. The van der Waals surface area contributed by atoms with Crippen LogP contribution in [0.1, 0.15) is 53.7 Å². The number of halogens is 3. The van der Waals surface area contributed by atoms with Crippen molar-refractivity contribution in [1.29, 1.82) is 0 Å². The van der Waals surface area contributed by atoms with Crippen molar-refractivity contribution in [2.75, 3.05) is 13.7 Å². The Kier molecular flexibility index (Phi) is 7.97. The first-order valence-corrected chi connectivity index (χ1v) is 10.7. The van der Waals surface area contributed by atoms with E-state index in [1.807, 2.05) is 11.8 Å². The maximum atomic E-state index is 13.1. The van der Waals surface area contributed by atoms with E-state index < -0.39 is 12.3 Å². The largest absolute Gasteiger partial charge is 0.573 e. The lowest BCUT2D eigenvalue weighted by atomic mass is 9.99. The first kappa shape index (κ1) is 24.6. The molecule has 2 unspecified atom stereocenters. The molecule has 2 atom stereocenters. The number of alkyl halides is 3. The lowest BCUT2D eigenvalue weighted by molar-refractivity contribution is -0.274. The van der Waals surface area contributed by atoms with E-state index in [1.54, 1.807) is 30.3 Å². The van der Waals surface area contributed by atoms with E-state index in [0.29, 0.717) is 30.6 Å². The molecule has 1 aliphatic rings. The minimum atomic E-state index is -4.75. The van der Waals surface area contributed by atoms with E-state index in [2.05, 4.69) is 10.1 Å². The van der Waals surface area contributed by atoms with Gasteiger partial charge in [-0.25, -0.2) is 4.79 Å². The van der Waals surface area contributed by atoms with Crippen LogP contribution in [-0.4, -0.2) is 42.8 Å². The van der Waals surface area contributed by atoms with E-state index in [0.717, 1.165) is 18.4 Å². The molecule has 1 N–H and O–H groups in total. The molecule has 1 amide bonds. The number of ether oxygens (including phenoxy) is 2. The summed E-state index contributed by atoms with van der Waals surface area (Å²) in [7, 11) is 1.31. The fraction of sp³-hybridized carbons (Fsp3) is 0.417. The van der Waals surface area contributed by atoms with Crippen molar-refractivity contribution in [2.45, 2.75) is 51.2 Å². The summed E-state index contributed by atoms with van der Waals surface area (Å²) >= 11 is 0. The van der Waals surface area contributed by atoms with Gasteiger partial charge in [-0.05, 0) is 61.7 Å². The summed E-state index contributed by atoms with van der Waals surface area (Å²) < 4.78 is 46.3. The highest BCUT2D eigenvalue weighted by atomic mass is 19.4. The third-order valence-electron chi connectivity index (χ3n) is 5.62. The highest BCUT2D eigenvalue weighted by molar-refractivity contribution is 5.89. The molecule has 2 aromatic rings. The van der Waals surface area contributed by atoms with Crippen molar-refractivity contribution in [3.05, 3.63) is 65.2 Å². The molecule has 1 heterocycles. The minimum Gasteiger partial charge on any atom is -0.465 e. The van der Waals surface area contributed by atoms with Crippen molar-refractivity contribution >= 4 is 11.9 Å². The van der Waals surface area contributed by atoms with Gasteiger partial charge in [0.2, 0.25) is 5.91 Å². The normalized spacial score (nSPS) is 17.8. The molecule has 0 aliphatic carbocycles. The van der Waals surface area contributed by atoms with Crippen LogP contribution in [0.4, 0.5) is 13.2 Å². The van der Waals surface area contributed by atoms with Gasteiger partial charge in [0.15, 0.2) is 0 Å². The third-order valence-corrected chi connectivity index (χ3v) is 5.62. The number of carbonyl (C=O) groups is 2. The first-order valence-electron chi connectivity index (χ1n) is 10.7. The Hall–Kier alpha value is -3.07. The van der Waals surface area contributed by atoms with Gasteiger partial charge in [-0.1, -0.05) is 30.7 Å². The lowest BCUT2D eigenvalue weighted by Gasteiger charge is -2.35. The van der Waals surface area contributed by atoms with E-state index >= 15 is 0 Å². The first-order chi connectivity index (χ1) is 15.7. The van der Waals surface area contributed by atoms with E-state index in [9.17, 15) is 22.8 Å². The second kappa shape index (κ2) is 10.7. The second-order valence-corrected chi connectivity index (χ2v) is 8.02. The van der Waals surface area contributed by atoms with Gasteiger partial charge in [-0.15, -0.1) is 13.2 Å². The molecule has 0 saturated carbocycles. The van der Waals surface area contributed by atoms with Crippen LogP contribution in [0.15, 0.2) is 48.5 Å². The number of likely N-dealkylation sites (tertiary alicyclic amines) is 1. The predicted molar refractivity (Wildman–Crippen MR) is 116 cm³/mol. The zero-order chi connectivity index (χ0) is 24.0. The molecule has 0 spiro atoms. The summed E-state index contributed by atoms with van der Waals surface area (Å²) in [4.78, 5) is 26.6. The molecule has 1 fully saturated rings. The summed E-state index contributed by atoms with van der Waals surface area (Å²) in [5, 5.41) is 3.02. The molecule has 0 radical (unpaired) electrons. The number of hydrogen-bond donors (Lipinski definition) is 1. The zero-order valence-corrected chi connectivity index (χ0v) is 18.5. The van der Waals surface area contributed by atoms with Gasteiger partial charge in [-0.3, -0.25) is 9.69 Å². The Morgan fingerprint density at radius 3 is 2.55 bits per heavy atom. The SMILES string of the molecule is COC(=O)c1ccc(C(C)NC(=O)C2CCCCN2Cc2cccc(OC(F)(F)F)c2)cc1. The van der Waals surface area contributed by atoms with Crippen LogP contribution in [0.2, 0.25) is 0 Å². The summed E-state index contributed by atoms with van der Waals surface area (Å²) in [6.45, 7) is 2.87. The van der Waals surface area contributed by atoms with Crippen molar-refractivity contribution in [1.82, 2.24) is 10.2 Å². The van der Waals surface area contributed by atoms with E-state index in [-0.39, 0.29) is 23.7 Å². The summed E-state index contributed by atoms with van der Waals surface area (Å²) in [6, 6.07) is 12.0. The predicted octanol–water partition coefficient (Wildman–Crippen LogP) is 4.60. The van der Waals surface area contributed by atoms with Crippen LogP contribution in [-0.2, 0) is 16.1 Å². The molecule has 1 saturated heterocycles. The Balaban J connectivity index is 1.65. The van der Waals surface area contributed by atoms with Gasteiger partial charge >= 0.3 is 12.3 Å². The third kappa shape index (κ3) is 6.95. The Morgan fingerprint density at radius 1 is 1.15 bits per heavy atom. The van der Waals surface area contributed by atoms with Gasteiger partial charge in [0, 0.05) is 6.54 Å². The van der Waals surface area contributed by atoms with Gasteiger partial charge in [0.1, 0.15) is 5.75 Å². The average Bonchev–Trinajstić information content (AvgIpc) is 2.78. The second-order valence-electron chi connectivity index (χ2n) is 8.02. The van der Waals surface area contributed by atoms with E-state index in [4.69, 9.17) is 4.74 Å². The number of hydrogen-bond acceptors (Lipinski definition) is 5. The number of esters is 1. The van der Waals surface area contributed by atoms with Crippen molar-refractivity contribution in [3.8, 4) is 5.75 Å². The van der Waals surface area contributed by atoms with Crippen LogP contribution in [0.25, 0.3) is 0 Å². The Bertz CT molecular complexity index is 963. The van der Waals surface area contributed by atoms with Gasteiger partial charge in [-0.2, -0.15) is 0 Å². The van der Waals surface area contributed by atoms with E-state index in [1.165, 1.54) is 25.3 Å². The molecule has 33 heavy (non-hydrogen) atoms. The van der Waals surface area contributed by atoms with Crippen molar-refractivity contribution in [2.24, 2.45) is 0 Å². The molecule has 9 heteroatoms. The number of carbonyl (C=O) groups excluding carboxylic acids is 2. The maximum Gasteiger partial charge on any atom is 0.573 e. The zero-order valence-electron chi connectivity index (χ0n) is 18.5. The molecule has 3 rings (SSSR count). The molecular formula is C24H27F3N2O4. The molecular weight excluding hydrogens is 437 g/mol. The molecule has 2 aromatic carbocycles. The number of methoxy groups -OCH3 is 1. The topological polar surface area (TPSA) is 67.9 Å². The number of nitrogens with one attached hydrogen (secondary N) is 1. The fourth-order valence-electron chi connectivity index (χ4n) is 3.97. The van der Waals surface area contributed by atoms with Crippen LogP contribution >= 0.6 is 0 Å². The smallest absolute Gasteiger partial charge is 0.465 e. The quantitative estimate of drug-likeness (QED) is 0.607. The monoisotopic (exact) mass is 464 g/mol. The van der Waals surface area contributed by atoms with Crippen LogP contribution in [0.3, 0.4) is 0 Å². The van der Waals surface area contributed by atoms with Crippen LogP contribution < -0.4 is 10.1 Å². The van der Waals surface area contributed by atoms with Crippen molar-refractivity contribution in [3.63, 3.8) is 0 Å². The maximum absolute atomic E-state index is 13.1. The van der Waals surface area contributed by atoms with Gasteiger partial charge < -0.3 is 14.8 Å². The molecule has 0 aromatic heterocycles. The Labute approximate surface area is 190 Å². The van der Waals surface area contributed by atoms with Crippen molar-refractivity contribution < 1.29 is 32.2 Å². The fourth-order valence-corrected chi connectivity index (χ4v) is 3.97. The lowest BCUT2D eigenvalue weighted by Crippen LogP contribution is -2.49. The highest BCUT2D eigenvalue weighted by Crippen LogP contribution is 2.26. The highest BCUT2D eigenvalue weighted by Gasteiger charge is 2.32. The molecule has 1 aliphatic heterocycles. The average molecular weight is 464 g/mol. The summed E-state index contributed by atoms with van der Waals surface area (Å²) in [6.07, 6.45) is -2.28. The standard InChI is InChI=1S/C24H27F3N2O4/c1-16(18-9-11-19(12-10-18)23(31)32-2)28-22(30)21-8-3-4-13-29(21)15-17-6-5-7-20(14-17)33-24(25,26)27/h5-7,9-12,14,16,21H,3-4,8,13,15H2,1-2H3,(H,28,30). The summed E-state index contributed by atoms with van der Waals surface area (Å²) in [5.41, 5.74) is 1.91. The summed E-state index contributed by atoms with van der Waals surface area (Å²) in [5.74, 6) is -0.843. The molecule has 6 nitrogen and oxygen atoms in total.